The number of rotatable bonds is 4. The first kappa shape index (κ1) is 13.4. The molecule has 19 heavy (non-hydrogen) atoms. The smallest absolute Gasteiger partial charge is 0.337 e. The molecule has 0 aliphatic rings. The highest BCUT2D eigenvalue weighted by molar-refractivity contribution is 6.33. The Morgan fingerprint density at radius 3 is 2.84 bits per heavy atom. The van der Waals surface area contributed by atoms with Gasteiger partial charge in [0.1, 0.15) is 0 Å². The Bertz CT molecular complexity index is 614. The van der Waals surface area contributed by atoms with Crippen LogP contribution in [0.15, 0.2) is 36.7 Å². The second-order valence-electron chi connectivity index (χ2n) is 4.16. The van der Waals surface area contributed by atoms with Crippen LogP contribution in [-0.2, 0) is 6.54 Å². The molecule has 2 rings (SSSR count). The van der Waals surface area contributed by atoms with Crippen LogP contribution in [0.4, 0.5) is 5.69 Å². The number of hydrogen-bond donors (Lipinski definition) is 2. The summed E-state index contributed by atoms with van der Waals surface area (Å²) in [5.74, 6) is -1.03. The predicted molar refractivity (Wildman–Crippen MR) is 74.7 cm³/mol. The number of pyridine rings is 1. The summed E-state index contributed by atoms with van der Waals surface area (Å²) in [5, 5.41) is 12.3. The summed E-state index contributed by atoms with van der Waals surface area (Å²) in [6.07, 6.45) is 3.54. The van der Waals surface area contributed by atoms with E-state index in [9.17, 15) is 4.79 Å². The minimum atomic E-state index is -1.03. The Kier molecular flexibility index (Phi) is 4.02. The minimum absolute atomic E-state index is 0.104. The summed E-state index contributed by atoms with van der Waals surface area (Å²) in [7, 11) is 0. The van der Waals surface area contributed by atoms with Crippen LogP contribution in [0.2, 0.25) is 5.02 Å². The molecule has 1 aromatic heterocycles. The van der Waals surface area contributed by atoms with Gasteiger partial charge >= 0.3 is 5.97 Å². The highest BCUT2D eigenvalue weighted by atomic mass is 35.5. The van der Waals surface area contributed by atoms with Gasteiger partial charge in [-0.25, -0.2) is 4.79 Å². The highest BCUT2D eigenvalue weighted by Crippen LogP contribution is 2.21. The summed E-state index contributed by atoms with van der Waals surface area (Å²) in [6, 6.07) is 6.75. The van der Waals surface area contributed by atoms with Crippen LogP contribution in [0.1, 0.15) is 21.5 Å². The van der Waals surface area contributed by atoms with Crippen molar-refractivity contribution in [3.8, 4) is 0 Å². The third-order valence-corrected chi connectivity index (χ3v) is 3.13. The van der Waals surface area contributed by atoms with Crippen molar-refractivity contribution in [3.05, 3.63) is 58.4 Å². The molecule has 0 fully saturated rings. The van der Waals surface area contributed by atoms with Crippen molar-refractivity contribution in [2.45, 2.75) is 13.5 Å². The minimum Gasteiger partial charge on any atom is -0.478 e. The predicted octanol–water partition coefficient (Wildman–Crippen LogP) is 3.35. The maximum Gasteiger partial charge on any atom is 0.337 e. The standard InChI is InChI=1S/C14H13ClN2O2/c1-9-7-16-5-4-10(9)8-17-11-2-3-12(14(18)19)13(15)6-11/h2-7,17H,8H2,1H3,(H,18,19). The monoisotopic (exact) mass is 276 g/mol. The average Bonchev–Trinajstić information content (AvgIpc) is 2.37. The topological polar surface area (TPSA) is 62.2 Å². The second-order valence-corrected chi connectivity index (χ2v) is 4.56. The van der Waals surface area contributed by atoms with Crippen LogP contribution < -0.4 is 5.32 Å². The van der Waals surface area contributed by atoms with Crippen molar-refractivity contribution in [1.82, 2.24) is 4.98 Å². The van der Waals surface area contributed by atoms with E-state index in [-0.39, 0.29) is 10.6 Å². The maximum atomic E-state index is 10.8. The van der Waals surface area contributed by atoms with Crippen molar-refractivity contribution < 1.29 is 9.90 Å². The molecular weight excluding hydrogens is 264 g/mol. The van der Waals surface area contributed by atoms with E-state index in [0.29, 0.717) is 6.54 Å². The molecule has 1 heterocycles. The molecule has 2 aromatic rings. The Morgan fingerprint density at radius 2 is 2.21 bits per heavy atom. The van der Waals surface area contributed by atoms with E-state index in [1.807, 2.05) is 13.0 Å². The Morgan fingerprint density at radius 1 is 1.42 bits per heavy atom. The van der Waals surface area contributed by atoms with E-state index >= 15 is 0 Å². The zero-order valence-corrected chi connectivity index (χ0v) is 11.1. The van der Waals surface area contributed by atoms with E-state index in [0.717, 1.165) is 16.8 Å². The SMILES string of the molecule is Cc1cnccc1CNc1ccc(C(=O)O)c(Cl)c1. The van der Waals surface area contributed by atoms with Crippen molar-refractivity contribution in [3.63, 3.8) is 0 Å². The van der Waals surface area contributed by atoms with E-state index in [2.05, 4.69) is 10.3 Å². The van der Waals surface area contributed by atoms with E-state index < -0.39 is 5.97 Å². The molecule has 0 radical (unpaired) electrons. The first-order chi connectivity index (χ1) is 9.08. The number of halogens is 1. The Labute approximate surface area is 116 Å². The van der Waals surface area contributed by atoms with Gasteiger partial charge in [0.25, 0.3) is 0 Å². The number of aromatic carboxylic acids is 1. The summed E-state index contributed by atoms with van der Waals surface area (Å²) in [4.78, 5) is 14.9. The molecule has 98 valence electrons. The fourth-order valence-electron chi connectivity index (χ4n) is 1.70. The van der Waals surface area contributed by atoms with E-state index in [1.165, 1.54) is 6.07 Å². The molecule has 0 bridgehead atoms. The van der Waals surface area contributed by atoms with Gasteiger partial charge in [0.05, 0.1) is 10.6 Å². The zero-order valence-electron chi connectivity index (χ0n) is 10.4. The molecule has 0 aliphatic carbocycles. The van der Waals surface area contributed by atoms with Crippen LogP contribution in [-0.4, -0.2) is 16.1 Å². The summed E-state index contributed by atoms with van der Waals surface area (Å²) in [6.45, 7) is 2.63. The highest BCUT2D eigenvalue weighted by Gasteiger charge is 2.08. The Balaban J connectivity index is 2.11. The quantitative estimate of drug-likeness (QED) is 0.899. The van der Waals surface area contributed by atoms with Crippen molar-refractivity contribution in [2.75, 3.05) is 5.32 Å². The molecule has 0 atom stereocenters. The van der Waals surface area contributed by atoms with Gasteiger partial charge in [-0.1, -0.05) is 11.6 Å². The number of carboxylic acid groups (broad SMARTS) is 1. The lowest BCUT2D eigenvalue weighted by Crippen LogP contribution is -2.03. The molecule has 0 unspecified atom stereocenters. The van der Waals surface area contributed by atoms with Gasteiger partial charge in [-0.05, 0) is 42.3 Å². The molecule has 4 nitrogen and oxygen atoms in total. The third kappa shape index (κ3) is 3.23. The largest absolute Gasteiger partial charge is 0.478 e. The van der Waals surface area contributed by atoms with Gasteiger partial charge in [-0.15, -0.1) is 0 Å². The number of aromatic nitrogens is 1. The van der Waals surface area contributed by atoms with Crippen LogP contribution in [0, 0.1) is 6.92 Å². The van der Waals surface area contributed by atoms with Gasteiger partial charge in [0, 0.05) is 24.6 Å². The summed E-state index contributed by atoms with van der Waals surface area (Å²) < 4.78 is 0. The van der Waals surface area contributed by atoms with Gasteiger partial charge < -0.3 is 10.4 Å². The summed E-state index contributed by atoms with van der Waals surface area (Å²) in [5.41, 5.74) is 3.12. The van der Waals surface area contributed by atoms with Gasteiger partial charge in [0.2, 0.25) is 0 Å². The lowest BCUT2D eigenvalue weighted by molar-refractivity contribution is 0.0697. The average molecular weight is 277 g/mol. The number of carbonyl (C=O) groups is 1. The number of carboxylic acids is 1. The first-order valence-corrected chi connectivity index (χ1v) is 6.12. The zero-order chi connectivity index (χ0) is 13.8. The summed E-state index contributed by atoms with van der Waals surface area (Å²) >= 11 is 5.91. The fourth-order valence-corrected chi connectivity index (χ4v) is 1.96. The number of nitrogens with one attached hydrogen (secondary N) is 1. The molecule has 0 aliphatic heterocycles. The van der Waals surface area contributed by atoms with Crippen LogP contribution in [0.3, 0.4) is 0 Å². The van der Waals surface area contributed by atoms with Gasteiger partial charge in [-0.2, -0.15) is 0 Å². The third-order valence-electron chi connectivity index (χ3n) is 2.82. The Hall–Kier alpha value is -2.07. The molecule has 0 amide bonds. The number of anilines is 1. The lowest BCUT2D eigenvalue weighted by atomic mass is 10.1. The molecule has 5 heteroatoms. The molecule has 0 saturated carbocycles. The van der Waals surface area contributed by atoms with Crippen molar-refractivity contribution in [2.24, 2.45) is 0 Å². The molecule has 1 aromatic carbocycles. The number of benzene rings is 1. The van der Waals surface area contributed by atoms with Gasteiger partial charge in [-0.3, -0.25) is 4.98 Å². The van der Waals surface area contributed by atoms with E-state index in [4.69, 9.17) is 16.7 Å². The van der Waals surface area contributed by atoms with Crippen LogP contribution in [0.25, 0.3) is 0 Å². The maximum absolute atomic E-state index is 10.8. The fraction of sp³-hybridized carbons (Fsp3) is 0.143. The molecular formula is C14H13ClN2O2. The number of hydrogen-bond acceptors (Lipinski definition) is 3. The van der Waals surface area contributed by atoms with E-state index in [1.54, 1.807) is 24.5 Å². The second kappa shape index (κ2) is 5.71. The van der Waals surface area contributed by atoms with Crippen LogP contribution >= 0.6 is 11.6 Å². The number of aryl methyl sites for hydroxylation is 1. The normalized spacial score (nSPS) is 10.2. The number of nitrogens with zero attached hydrogens (tertiary/aromatic N) is 1. The molecule has 0 spiro atoms. The van der Waals surface area contributed by atoms with Crippen molar-refractivity contribution >= 4 is 23.3 Å². The lowest BCUT2D eigenvalue weighted by Gasteiger charge is -2.09. The molecule has 2 N–H and O–H groups in total. The van der Waals surface area contributed by atoms with Crippen LogP contribution in [0.5, 0.6) is 0 Å². The van der Waals surface area contributed by atoms with Gasteiger partial charge in [0.15, 0.2) is 0 Å². The molecule has 0 saturated heterocycles. The van der Waals surface area contributed by atoms with Crippen molar-refractivity contribution in [1.29, 1.82) is 0 Å². The first-order valence-electron chi connectivity index (χ1n) is 5.74.